The first-order valence-electron chi connectivity index (χ1n) is 8.26. The number of benzene rings is 1. The van der Waals surface area contributed by atoms with Crippen molar-refractivity contribution in [3.8, 4) is 0 Å². The average Bonchev–Trinajstić information content (AvgIpc) is 2.89. The van der Waals surface area contributed by atoms with Gasteiger partial charge < -0.3 is 0 Å². The topological polar surface area (TPSA) is 73.1 Å². The molecule has 0 saturated carbocycles. The number of alkyl halides is 3. The molecule has 27 heavy (non-hydrogen) atoms. The van der Waals surface area contributed by atoms with E-state index in [0.717, 1.165) is 29.2 Å². The number of rotatable bonds is 3. The molecule has 0 amide bonds. The predicted octanol–water partition coefficient (Wildman–Crippen LogP) is 4.48. The average molecular weight is 396 g/mol. The molecule has 3 rings (SSSR count). The molecule has 1 aliphatic rings. The van der Waals surface area contributed by atoms with Crippen molar-refractivity contribution in [2.24, 2.45) is 10.6 Å². The number of allylic oxidation sites excluding steroid dienone is 2. The van der Waals surface area contributed by atoms with Crippen LogP contribution in [0.3, 0.4) is 0 Å². The Labute approximate surface area is 156 Å². The summed E-state index contributed by atoms with van der Waals surface area (Å²) in [5.74, 6) is 0. The van der Waals surface area contributed by atoms with E-state index in [1.165, 1.54) is 24.4 Å². The molecule has 2 aromatic rings. The molecular formula is C19H19F3N2O2S. The van der Waals surface area contributed by atoms with Crippen LogP contribution in [0.5, 0.6) is 0 Å². The Morgan fingerprint density at radius 3 is 1.93 bits per heavy atom. The number of sulfonamides is 1. The number of pyridine rings is 1. The van der Waals surface area contributed by atoms with Gasteiger partial charge in [-0.2, -0.15) is 13.2 Å². The lowest BCUT2D eigenvalue weighted by Crippen LogP contribution is -2.11. The summed E-state index contributed by atoms with van der Waals surface area (Å²) < 4.78 is 61.2. The third-order valence-corrected chi connectivity index (χ3v) is 5.54. The van der Waals surface area contributed by atoms with Crippen LogP contribution in [-0.4, -0.2) is 13.4 Å². The Balaban J connectivity index is 2.04. The molecule has 0 spiro atoms. The van der Waals surface area contributed by atoms with Gasteiger partial charge in [-0.3, -0.25) is 4.98 Å². The molecule has 0 fully saturated rings. The van der Waals surface area contributed by atoms with E-state index in [1.807, 2.05) is 0 Å². The fourth-order valence-electron chi connectivity index (χ4n) is 3.37. The van der Waals surface area contributed by atoms with E-state index < -0.39 is 21.9 Å². The fourth-order valence-corrected chi connectivity index (χ4v) is 3.89. The zero-order chi connectivity index (χ0) is 20.0. The van der Waals surface area contributed by atoms with Crippen LogP contribution < -0.4 is 5.14 Å². The highest BCUT2D eigenvalue weighted by Crippen LogP contribution is 2.49. The maximum absolute atomic E-state index is 12.8. The molecule has 1 heterocycles. The minimum absolute atomic E-state index is 0.0156. The Morgan fingerprint density at radius 2 is 1.48 bits per heavy atom. The summed E-state index contributed by atoms with van der Waals surface area (Å²) in [4.78, 5) is 3.58. The van der Waals surface area contributed by atoms with Crippen molar-refractivity contribution in [1.82, 2.24) is 4.98 Å². The predicted molar refractivity (Wildman–Crippen MR) is 96.9 cm³/mol. The van der Waals surface area contributed by atoms with Crippen molar-refractivity contribution in [2.45, 2.75) is 37.8 Å². The van der Waals surface area contributed by atoms with Crippen LogP contribution in [0.1, 0.15) is 43.5 Å². The number of aromatic nitrogens is 1. The Bertz CT molecular complexity index is 991. The quantitative estimate of drug-likeness (QED) is 0.831. The Kier molecular flexibility index (Phi) is 4.68. The van der Waals surface area contributed by atoms with Crippen LogP contribution in [0.15, 0.2) is 47.5 Å². The van der Waals surface area contributed by atoms with Gasteiger partial charge in [0, 0.05) is 6.20 Å². The first kappa shape index (κ1) is 19.6. The summed E-state index contributed by atoms with van der Waals surface area (Å²) in [6, 6.07) is 8.64. The van der Waals surface area contributed by atoms with E-state index in [9.17, 15) is 21.6 Å². The van der Waals surface area contributed by atoms with Crippen molar-refractivity contribution >= 4 is 21.2 Å². The van der Waals surface area contributed by atoms with Gasteiger partial charge in [-0.1, -0.05) is 32.0 Å². The molecule has 1 aromatic heterocycles. The van der Waals surface area contributed by atoms with Gasteiger partial charge in [0.05, 0.1) is 4.90 Å². The van der Waals surface area contributed by atoms with Gasteiger partial charge in [0.25, 0.3) is 0 Å². The van der Waals surface area contributed by atoms with Crippen molar-refractivity contribution in [1.29, 1.82) is 0 Å². The first-order valence-corrected chi connectivity index (χ1v) is 9.80. The second-order valence-corrected chi connectivity index (χ2v) is 9.04. The standard InChI is InChI=1S/C19H19F3N2O2S/c1-18(2)9-15(12-3-6-14(7-4-12)27(23,25)26)16(10-18)13-5-8-17(24-11-13)19(20,21)22/h3-8,11H,9-10H2,1-2H3,(H2,23,25,26). The van der Waals surface area contributed by atoms with E-state index in [-0.39, 0.29) is 10.3 Å². The first-order chi connectivity index (χ1) is 12.4. The molecule has 144 valence electrons. The molecule has 0 bridgehead atoms. The van der Waals surface area contributed by atoms with Crippen LogP contribution >= 0.6 is 0 Å². The highest BCUT2D eigenvalue weighted by molar-refractivity contribution is 7.89. The van der Waals surface area contributed by atoms with Gasteiger partial charge in [0.1, 0.15) is 5.69 Å². The van der Waals surface area contributed by atoms with Crippen LogP contribution in [0.4, 0.5) is 13.2 Å². The van der Waals surface area contributed by atoms with Crippen molar-refractivity contribution in [2.75, 3.05) is 0 Å². The third-order valence-electron chi connectivity index (χ3n) is 4.61. The van der Waals surface area contributed by atoms with E-state index >= 15 is 0 Å². The van der Waals surface area contributed by atoms with Gasteiger partial charge in [-0.05, 0) is 58.7 Å². The van der Waals surface area contributed by atoms with E-state index in [0.29, 0.717) is 12.0 Å². The van der Waals surface area contributed by atoms with Crippen molar-refractivity contribution < 1.29 is 21.6 Å². The van der Waals surface area contributed by atoms with Gasteiger partial charge in [0.2, 0.25) is 10.0 Å². The van der Waals surface area contributed by atoms with Gasteiger partial charge in [0.15, 0.2) is 0 Å². The molecule has 1 aromatic carbocycles. The second kappa shape index (κ2) is 6.45. The van der Waals surface area contributed by atoms with Crippen LogP contribution in [-0.2, 0) is 16.2 Å². The molecule has 8 heteroatoms. The summed E-state index contributed by atoms with van der Waals surface area (Å²) in [5.41, 5.74) is 2.36. The number of nitrogens with two attached hydrogens (primary N) is 1. The number of hydrogen-bond donors (Lipinski definition) is 1. The number of hydrogen-bond acceptors (Lipinski definition) is 3. The van der Waals surface area contributed by atoms with Crippen LogP contribution in [0, 0.1) is 5.41 Å². The van der Waals surface area contributed by atoms with Crippen molar-refractivity contribution in [3.05, 3.63) is 59.4 Å². The van der Waals surface area contributed by atoms with E-state index in [4.69, 9.17) is 5.14 Å². The zero-order valence-corrected chi connectivity index (χ0v) is 15.7. The van der Waals surface area contributed by atoms with Crippen LogP contribution in [0.25, 0.3) is 11.1 Å². The lowest BCUT2D eigenvalue weighted by molar-refractivity contribution is -0.141. The smallest absolute Gasteiger partial charge is 0.251 e. The molecule has 0 unspecified atom stereocenters. The zero-order valence-electron chi connectivity index (χ0n) is 14.8. The maximum Gasteiger partial charge on any atom is 0.433 e. The highest BCUT2D eigenvalue weighted by atomic mass is 32.2. The SMILES string of the molecule is CC1(C)CC(c2ccc(S(N)(=O)=O)cc2)=C(c2ccc(C(F)(F)F)nc2)C1. The van der Waals surface area contributed by atoms with E-state index in [2.05, 4.69) is 18.8 Å². The van der Waals surface area contributed by atoms with E-state index in [1.54, 1.807) is 12.1 Å². The normalized spacial score (nSPS) is 17.4. The summed E-state index contributed by atoms with van der Waals surface area (Å²) in [7, 11) is -3.78. The van der Waals surface area contributed by atoms with Crippen molar-refractivity contribution in [3.63, 3.8) is 0 Å². The summed E-state index contributed by atoms with van der Waals surface area (Å²) >= 11 is 0. The molecule has 1 aliphatic carbocycles. The molecule has 2 N–H and O–H groups in total. The summed E-state index contributed by atoms with van der Waals surface area (Å²) in [6.45, 7) is 4.16. The largest absolute Gasteiger partial charge is 0.433 e. The Morgan fingerprint density at radius 1 is 0.963 bits per heavy atom. The molecular weight excluding hydrogens is 377 g/mol. The summed E-state index contributed by atoms with van der Waals surface area (Å²) in [6.07, 6.45) is -1.82. The Hall–Kier alpha value is -2.19. The molecule has 0 radical (unpaired) electrons. The van der Waals surface area contributed by atoms with Gasteiger partial charge in [-0.25, -0.2) is 13.6 Å². The molecule has 0 atom stereocenters. The summed E-state index contributed by atoms with van der Waals surface area (Å²) in [5, 5.41) is 5.13. The molecule has 0 saturated heterocycles. The maximum atomic E-state index is 12.8. The van der Waals surface area contributed by atoms with Crippen LogP contribution in [0.2, 0.25) is 0 Å². The minimum Gasteiger partial charge on any atom is -0.251 e. The minimum atomic E-state index is -4.48. The molecule has 4 nitrogen and oxygen atoms in total. The highest BCUT2D eigenvalue weighted by Gasteiger charge is 2.34. The number of halogens is 3. The number of nitrogens with zero attached hydrogens (tertiary/aromatic N) is 1. The third kappa shape index (κ3) is 4.22. The van der Waals surface area contributed by atoms with Gasteiger partial charge in [-0.15, -0.1) is 0 Å². The second-order valence-electron chi connectivity index (χ2n) is 7.47. The lowest BCUT2D eigenvalue weighted by atomic mass is 9.88. The van der Waals surface area contributed by atoms with Gasteiger partial charge >= 0.3 is 6.18 Å². The monoisotopic (exact) mass is 396 g/mol. The molecule has 0 aliphatic heterocycles. The lowest BCUT2D eigenvalue weighted by Gasteiger charge is -2.17. The number of primary sulfonamides is 1. The fraction of sp³-hybridized carbons (Fsp3) is 0.316.